The Hall–Kier alpha value is -0.910. The van der Waals surface area contributed by atoms with E-state index in [9.17, 15) is 9.90 Å². The number of rotatable bonds is 5. The lowest BCUT2D eigenvalue weighted by atomic mass is 10.1. The Morgan fingerprint density at radius 2 is 2.50 bits per heavy atom. The van der Waals surface area contributed by atoms with Crippen LogP contribution in [0.25, 0.3) is 0 Å². The second-order valence-electron chi connectivity index (χ2n) is 4.58. The van der Waals surface area contributed by atoms with Crippen molar-refractivity contribution in [2.75, 3.05) is 19.8 Å². The molecule has 5 heteroatoms. The minimum atomic E-state index is -0.408. The SMILES string of the molecule is CC(O)c1ccc(CCNC(=O)C2CCOC2)s1. The third-order valence-electron chi connectivity index (χ3n) is 3.07. The summed E-state index contributed by atoms with van der Waals surface area (Å²) in [4.78, 5) is 13.9. The molecule has 0 bridgehead atoms. The summed E-state index contributed by atoms with van der Waals surface area (Å²) in [5, 5.41) is 12.4. The Balaban J connectivity index is 1.72. The number of aliphatic hydroxyl groups excluding tert-OH is 1. The third kappa shape index (κ3) is 3.54. The monoisotopic (exact) mass is 269 g/mol. The van der Waals surface area contributed by atoms with Gasteiger partial charge >= 0.3 is 0 Å². The van der Waals surface area contributed by atoms with Crippen molar-refractivity contribution in [3.63, 3.8) is 0 Å². The molecule has 0 aliphatic carbocycles. The van der Waals surface area contributed by atoms with Crippen LogP contribution in [0.2, 0.25) is 0 Å². The average Bonchev–Trinajstić information content (AvgIpc) is 3.00. The highest BCUT2D eigenvalue weighted by molar-refractivity contribution is 7.12. The van der Waals surface area contributed by atoms with Gasteiger partial charge in [0.1, 0.15) is 0 Å². The van der Waals surface area contributed by atoms with Crippen LogP contribution in [0.3, 0.4) is 0 Å². The number of nitrogens with one attached hydrogen (secondary N) is 1. The number of thiophene rings is 1. The lowest BCUT2D eigenvalue weighted by molar-refractivity contribution is -0.124. The van der Waals surface area contributed by atoms with Crippen molar-refractivity contribution in [1.82, 2.24) is 5.32 Å². The predicted octanol–water partition coefficient (Wildman–Crippen LogP) is 1.50. The minimum Gasteiger partial charge on any atom is -0.388 e. The zero-order valence-electron chi connectivity index (χ0n) is 10.5. The first-order chi connectivity index (χ1) is 8.66. The van der Waals surface area contributed by atoms with E-state index in [0.717, 1.165) is 17.7 Å². The summed E-state index contributed by atoms with van der Waals surface area (Å²) < 4.78 is 5.19. The summed E-state index contributed by atoms with van der Waals surface area (Å²) in [6.07, 6.45) is 1.24. The van der Waals surface area contributed by atoms with Crippen molar-refractivity contribution >= 4 is 17.2 Å². The first kappa shape index (κ1) is 13.5. The summed E-state index contributed by atoms with van der Waals surface area (Å²) in [6.45, 7) is 3.66. The fourth-order valence-corrected chi connectivity index (χ4v) is 2.90. The van der Waals surface area contributed by atoms with Crippen molar-refractivity contribution in [2.45, 2.75) is 25.9 Å². The number of hydrogen-bond acceptors (Lipinski definition) is 4. The zero-order chi connectivity index (χ0) is 13.0. The van der Waals surface area contributed by atoms with Crippen LogP contribution in [0, 0.1) is 5.92 Å². The molecule has 0 aromatic carbocycles. The number of hydrogen-bond donors (Lipinski definition) is 2. The lowest BCUT2D eigenvalue weighted by Crippen LogP contribution is -2.32. The van der Waals surface area contributed by atoms with E-state index < -0.39 is 6.10 Å². The molecule has 18 heavy (non-hydrogen) atoms. The first-order valence-corrected chi connectivity index (χ1v) is 7.10. The van der Waals surface area contributed by atoms with Gasteiger partial charge in [-0.15, -0.1) is 11.3 Å². The molecule has 1 amide bonds. The van der Waals surface area contributed by atoms with Gasteiger partial charge < -0.3 is 15.2 Å². The van der Waals surface area contributed by atoms with E-state index in [1.807, 2.05) is 12.1 Å². The smallest absolute Gasteiger partial charge is 0.225 e. The Morgan fingerprint density at radius 1 is 1.67 bits per heavy atom. The van der Waals surface area contributed by atoms with E-state index in [0.29, 0.717) is 19.8 Å². The molecule has 1 aromatic rings. The van der Waals surface area contributed by atoms with Crippen molar-refractivity contribution in [3.8, 4) is 0 Å². The minimum absolute atomic E-state index is 0.0290. The second-order valence-corrected chi connectivity index (χ2v) is 5.78. The maximum Gasteiger partial charge on any atom is 0.225 e. The van der Waals surface area contributed by atoms with Gasteiger partial charge in [0.15, 0.2) is 0 Å². The summed E-state index contributed by atoms with van der Waals surface area (Å²) in [7, 11) is 0. The fourth-order valence-electron chi connectivity index (χ4n) is 1.95. The Bertz CT molecular complexity index is 397. The van der Waals surface area contributed by atoms with E-state index in [1.165, 1.54) is 4.88 Å². The quantitative estimate of drug-likeness (QED) is 0.851. The summed E-state index contributed by atoms with van der Waals surface area (Å²) >= 11 is 1.60. The standard InChI is InChI=1S/C13H19NO3S/c1-9(15)12-3-2-11(18-12)4-6-14-13(16)10-5-7-17-8-10/h2-3,9-10,15H,4-8H2,1H3,(H,14,16). The van der Waals surface area contributed by atoms with Crippen molar-refractivity contribution in [3.05, 3.63) is 21.9 Å². The molecule has 2 heterocycles. The fraction of sp³-hybridized carbons (Fsp3) is 0.615. The molecule has 1 fully saturated rings. The Labute approximate surface area is 111 Å². The normalized spacial score (nSPS) is 20.9. The molecule has 0 radical (unpaired) electrons. The van der Waals surface area contributed by atoms with Crippen LogP contribution in [-0.4, -0.2) is 30.8 Å². The van der Waals surface area contributed by atoms with Gasteiger partial charge in [-0.3, -0.25) is 4.79 Å². The van der Waals surface area contributed by atoms with Crippen LogP contribution >= 0.6 is 11.3 Å². The molecule has 1 saturated heterocycles. The predicted molar refractivity (Wildman–Crippen MR) is 70.6 cm³/mol. The highest BCUT2D eigenvalue weighted by atomic mass is 32.1. The molecule has 1 aromatic heterocycles. The Kier molecular flexibility index (Phi) is 4.74. The van der Waals surface area contributed by atoms with Gasteiger partial charge in [0, 0.05) is 22.9 Å². The van der Waals surface area contributed by atoms with Crippen LogP contribution in [-0.2, 0) is 16.0 Å². The van der Waals surface area contributed by atoms with Gasteiger partial charge in [0.05, 0.1) is 18.6 Å². The molecule has 0 saturated carbocycles. The maximum atomic E-state index is 11.7. The van der Waals surface area contributed by atoms with Gasteiger partial charge in [-0.05, 0) is 31.9 Å². The van der Waals surface area contributed by atoms with E-state index in [4.69, 9.17) is 4.74 Å². The molecular weight excluding hydrogens is 250 g/mol. The first-order valence-electron chi connectivity index (χ1n) is 6.29. The van der Waals surface area contributed by atoms with Crippen LogP contribution < -0.4 is 5.32 Å². The molecule has 2 N–H and O–H groups in total. The second kappa shape index (κ2) is 6.31. The number of carbonyl (C=O) groups is 1. The van der Waals surface area contributed by atoms with E-state index >= 15 is 0 Å². The molecule has 100 valence electrons. The number of ether oxygens (including phenoxy) is 1. The number of carbonyl (C=O) groups excluding carboxylic acids is 1. The molecular formula is C13H19NO3S. The highest BCUT2D eigenvalue weighted by Crippen LogP contribution is 2.23. The van der Waals surface area contributed by atoms with Crippen LogP contribution in [0.4, 0.5) is 0 Å². The third-order valence-corrected chi connectivity index (χ3v) is 4.38. The van der Waals surface area contributed by atoms with Gasteiger partial charge in [-0.1, -0.05) is 0 Å². The molecule has 4 nitrogen and oxygen atoms in total. The van der Waals surface area contributed by atoms with Crippen molar-refractivity contribution in [2.24, 2.45) is 5.92 Å². The Morgan fingerprint density at radius 3 is 3.11 bits per heavy atom. The summed E-state index contributed by atoms with van der Waals surface area (Å²) in [6, 6.07) is 3.95. The van der Waals surface area contributed by atoms with E-state index in [-0.39, 0.29) is 11.8 Å². The molecule has 1 aliphatic rings. The highest BCUT2D eigenvalue weighted by Gasteiger charge is 2.22. The van der Waals surface area contributed by atoms with E-state index in [2.05, 4.69) is 5.32 Å². The molecule has 1 aliphatic heterocycles. The number of aliphatic hydroxyl groups is 1. The van der Waals surface area contributed by atoms with Gasteiger partial charge in [0.2, 0.25) is 5.91 Å². The zero-order valence-corrected chi connectivity index (χ0v) is 11.3. The van der Waals surface area contributed by atoms with Crippen LogP contribution in [0.15, 0.2) is 12.1 Å². The molecule has 2 atom stereocenters. The molecule has 2 unspecified atom stereocenters. The summed E-state index contributed by atoms with van der Waals surface area (Å²) in [5.41, 5.74) is 0. The largest absolute Gasteiger partial charge is 0.388 e. The van der Waals surface area contributed by atoms with Crippen LogP contribution in [0.1, 0.15) is 29.2 Å². The average molecular weight is 269 g/mol. The summed E-state index contributed by atoms with van der Waals surface area (Å²) in [5.74, 6) is 0.126. The number of amides is 1. The van der Waals surface area contributed by atoms with Crippen molar-refractivity contribution < 1.29 is 14.6 Å². The van der Waals surface area contributed by atoms with Crippen LogP contribution in [0.5, 0.6) is 0 Å². The van der Waals surface area contributed by atoms with Gasteiger partial charge in [-0.25, -0.2) is 0 Å². The van der Waals surface area contributed by atoms with Gasteiger partial charge in [0.25, 0.3) is 0 Å². The van der Waals surface area contributed by atoms with E-state index in [1.54, 1.807) is 18.3 Å². The lowest BCUT2D eigenvalue weighted by Gasteiger charge is -2.08. The molecule has 2 rings (SSSR count). The maximum absolute atomic E-state index is 11.7. The molecule has 0 spiro atoms. The van der Waals surface area contributed by atoms with Crippen molar-refractivity contribution in [1.29, 1.82) is 0 Å². The topological polar surface area (TPSA) is 58.6 Å². The van der Waals surface area contributed by atoms with Gasteiger partial charge in [-0.2, -0.15) is 0 Å².